The van der Waals surface area contributed by atoms with Gasteiger partial charge in [0.2, 0.25) is 5.91 Å². The lowest BCUT2D eigenvalue weighted by molar-refractivity contribution is -0.124. The van der Waals surface area contributed by atoms with Gasteiger partial charge in [0.25, 0.3) is 0 Å². The van der Waals surface area contributed by atoms with E-state index in [0.717, 1.165) is 23.6 Å². The summed E-state index contributed by atoms with van der Waals surface area (Å²) in [6.45, 7) is 7.00. The maximum atomic E-state index is 12.3. The van der Waals surface area contributed by atoms with Gasteiger partial charge in [-0.2, -0.15) is 5.10 Å². The summed E-state index contributed by atoms with van der Waals surface area (Å²) < 4.78 is 7.36. The summed E-state index contributed by atoms with van der Waals surface area (Å²) in [7, 11) is 3.84. The van der Waals surface area contributed by atoms with Crippen LogP contribution in [0.5, 0.6) is 0 Å². The number of hydrogen-bond acceptors (Lipinski definition) is 5. The van der Waals surface area contributed by atoms with Crippen LogP contribution in [-0.2, 0) is 23.1 Å². The average Bonchev–Trinajstić information content (AvgIpc) is 2.74. The molecule has 1 atom stereocenters. The third-order valence-corrected chi connectivity index (χ3v) is 3.72. The minimum Gasteiger partial charge on any atom is -0.377 e. The molecular formula is C14H25N5O2. The van der Waals surface area contributed by atoms with Gasteiger partial charge < -0.3 is 20.3 Å². The summed E-state index contributed by atoms with van der Waals surface area (Å²) in [6, 6.07) is -0.302. The van der Waals surface area contributed by atoms with Crippen molar-refractivity contribution in [3.8, 4) is 0 Å². The first-order chi connectivity index (χ1) is 10.1. The zero-order valence-corrected chi connectivity index (χ0v) is 13.3. The predicted octanol–water partition coefficient (Wildman–Crippen LogP) is -0.211. The Balaban J connectivity index is 2.35. The lowest BCUT2D eigenvalue weighted by atomic mass is 10.1. The highest BCUT2D eigenvalue weighted by molar-refractivity contribution is 5.85. The Hall–Kier alpha value is -1.60. The maximum absolute atomic E-state index is 12.3. The fourth-order valence-electron chi connectivity index (χ4n) is 2.80. The molecule has 0 aromatic carbocycles. The van der Waals surface area contributed by atoms with Gasteiger partial charge in [-0.25, -0.2) is 0 Å². The molecule has 1 aliphatic heterocycles. The van der Waals surface area contributed by atoms with Crippen LogP contribution in [0.2, 0.25) is 0 Å². The van der Waals surface area contributed by atoms with E-state index in [1.54, 1.807) is 0 Å². The molecule has 2 rings (SSSR count). The fraction of sp³-hybridized carbons (Fsp3) is 0.714. The molecule has 2 N–H and O–H groups in total. The van der Waals surface area contributed by atoms with Crippen molar-refractivity contribution in [2.75, 3.05) is 38.3 Å². The summed E-state index contributed by atoms with van der Waals surface area (Å²) in [5.41, 5.74) is 2.12. The second-order valence-electron chi connectivity index (χ2n) is 5.22. The van der Waals surface area contributed by atoms with Crippen molar-refractivity contribution in [2.24, 2.45) is 7.05 Å². The van der Waals surface area contributed by atoms with Crippen LogP contribution >= 0.6 is 0 Å². The highest BCUT2D eigenvalue weighted by Crippen LogP contribution is 2.26. The maximum Gasteiger partial charge on any atom is 0.245 e. The van der Waals surface area contributed by atoms with Gasteiger partial charge in [-0.15, -0.1) is 0 Å². The van der Waals surface area contributed by atoms with Crippen LogP contribution in [0.25, 0.3) is 0 Å². The standard InChI is InChI=1S/C14H25N5O2/c1-5-16-13(20)12-9-21-7-6-19(12)14-11(8-15-3)10(2)17-18(14)4/h12,15H,5-9H2,1-4H3,(H,16,20). The van der Waals surface area contributed by atoms with Gasteiger partial charge in [-0.3, -0.25) is 9.48 Å². The Morgan fingerprint density at radius 3 is 2.95 bits per heavy atom. The number of carbonyl (C=O) groups is 1. The number of morpholine rings is 1. The smallest absolute Gasteiger partial charge is 0.245 e. The number of carbonyl (C=O) groups excluding carboxylic acids is 1. The zero-order chi connectivity index (χ0) is 15.4. The summed E-state index contributed by atoms with van der Waals surface area (Å²) in [4.78, 5) is 14.4. The van der Waals surface area contributed by atoms with Crippen LogP contribution in [0.15, 0.2) is 0 Å². The lowest BCUT2D eigenvalue weighted by Crippen LogP contribution is -2.54. The van der Waals surface area contributed by atoms with Gasteiger partial charge in [0.15, 0.2) is 0 Å². The highest BCUT2D eigenvalue weighted by Gasteiger charge is 2.33. The number of anilines is 1. The van der Waals surface area contributed by atoms with Crippen LogP contribution in [0.3, 0.4) is 0 Å². The van der Waals surface area contributed by atoms with E-state index in [4.69, 9.17) is 4.74 Å². The molecule has 0 saturated carbocycles. The molecular weight excluding hydrogens is 270 g/mol. The highest BCUT2D eigenvalue weighted by atomic mass is 16.5. The molecule has 0 bridgehead atoms. The van der Waals surface area contributed by atoms with Crippen molar-refractivity contribution in [2.45, 2.75) is 26.4 Å². The van der Waals surface area contributed by atoms with E-state index in [1.165, 1.54) is 0 Å². The number of likely N-dealkylation sites (N-methyl/N-ethyl adjacent to an activating group) is 1. The Bertz CT molecular complexity index is 500. The molecule has 2 heterocycles. The second-order valence-corrected chi connectivity index (χ2v) is 5.22. The summed E-state index contributed by atoms with van der Waals surface area (Å²) >= 11 is 0. The van der Waals surface area contributed by atoms with Gasteiger partial charge >= 0.3 is 0 Å². The van der Waals surface area contributed by atoms with Gasteiger partial charge in [0.05, 0.1) is 18.9 Å². The SMILES string of the molecule is CCNC(=O)C1COCCN1c1c(CNC)c(C)nn1C. The number of hydrogen-bond donors (Lipinski definition) is 2. The Morgan fingerprint density at radius 2 is 2.29 bits per heavy atom. The molecule has 1 fully saturated rings. The number of rotatable bonds is 5. The van der Waals surface area contributed by atoms with E-state index in [1.807, 2.05) is 32.6 Å². The largest absolute Gasteiger partial charge is 0.377 e. The normalized spacial score (nSPS) is 18.9. The first kappa shape index (κ1) is 15.8. The Labute approximate surface area is 125 Å². The molecule has 118 valence electrons. The van der Waals surface area contributed by atoms with Gasteiger partial charge in [-0.05, 0) is 20.9 Å². The molecule has 1 unspecified atom stereocenters. The molecule has 21 heavy (non-hydrogen) atoms. The fourth-order valence-corrected chi connectivity index (χ4v) is 2.80. The number of aryl methyl sites for hydroxylation is 2. The molecule has 1 aromatic rings. The third kappa shape index (κ3) is 3.19. The number of ether oxygens (including phenoxy) is 1. The van der Waals surface area contributed by atoms with Crippen molar-refractivity contribution in [3.63, 3.8) is 0 Å². The number of amides is 1. The third-order valence-electron chi connectivity index (χ3n) is 3.72. The van der Waals surface area contributed by atoms with Crippen LogP contribution < -0.4 is 15.5 Å². The van der Waals surface area contributed by atoms with E-state index in [2.05, 4.69) is 20.6 Å². The predicted molar refractivity (Wildman–Crippen MR) is 81.3 cm³/mol. The topological polar surface area (TPSA) is 71.4 Å². The van der Waals surface area contributed by atoms with Crippen molar-refractivity contribution < 1.29 is 9.53 Å². The molecule has 1 aromatic heterocycles. The van der Waals surface area contributed by atoms with Gasteiger partial charge in [0, 0.05) is 32.2 Å². The minimum atomic E-state index is -0.302. The van der Waals surface area contributed by atoms with Crippen LogP contribution in [0, 0.1) is 6.92 Å². The first-order valence-corrected chi connectivity index (χ1v) is 7.39. The summed E-state index contributed by atoms with van der Waals surface area (Å²) in [5, 5.41) is 10.6. The number of nitrogens with zero attached hydrogens (tertiary/aromatic N) is 3. The molecule has 7 nitrogen and oxygen atoms in total. The minimum absolute atomic E-state index is 0.00598. The van der Waals surface area contributed by atoms with Crippen molar-refractivity contribution in [1.82, 2.24) is 20.4 Å². The molecule has 1 saturated heterocycles. The monoisotopic (exact) mass is 295 g/mol. The average molecular weight is 295 g/mol. The molecule has 0 spiro atoms. The van der Waals surface area contributed by atoms with E-state index < -0.39 is 0 Å². The van der Waals surface area contributed by atoms with Crippen LogP contribution in [0.1, 0.15) is 18.2 Å². The zero-order valence-electron chi connectivity index (χ0n) is 13.3. The Kier molecular flexibility index (Phi) is 5.19. The number of nitrogens with one attached hydrogen (secondary N) is 2. The first-order valence-electron chi connectivity index (χ1n) is 7.39. The van der Waals surface area contributed by atoms with E-state index in [0.29, 0.717) is 26.3 Å². The Morgan fingerprint density at radius 1 is 1.52 bits per heavy atom. The van der Waals surface area contributed by atoms with Gasteiger partial charge in [0.1, 0.15) is 11.9 Å². The molecule has 1 amide bonds. The summed E-state index contributed by atoms with van der Waals surface area (Å²) in [5.74, 6) is 1.01. The molecule has 1 aliphatic rings. The lowest BCUT2D eigenvalue weighted by Gasteiger charge is -2.36. The molecule has 0 aliphatic carbocycles. The number of aromatic nitrogens is 2. The second kappa shape index (κ2) is 6.91. The van der Waals surface area contributed by atoms with Crippen molar-refractivity contribution in [3.05, 3.63) is 11.3 Å². The van der Waals surface area contributed by atoms with Crippen LogP contribution in [0.4, 0.5) is 5.82 Å². The van der Waals surface area contributed by atoms with Gasteiger partial charge in [-0.1, -0.05) is 0 Å². The van der Waals surface area contributed by atoms with Crippen molar-refractivity contribution >= 4 is 11.7 Å². The molecule has 7 heteroatoms. The quantitative estimate of drug-likeness (QED) is 0.786. The van der Waals surface area contributed by atoms with E-state index in [-0.39, 0.29) is 11.9 Å². The summed E-state index contributed by atoms with van der Waals surface area (Å²) in [6.07, 6.45) is 0. The van der Waals surface area contributed by atoms with E-state index >= 15 is 0 Å². The van der Waals surface area contributed by atoms with Crippen molar-refractivity contribution in [1.29, 1.82) is 0 Å². The van der Waals surface area contributed by atoms with E-state index in [9.17, 15) is 4.79 Å². The van der Waals surface area contributed by atoms with Crippen LogP contribution in [-0.4, -0.2) is 55.1 Å². The molecule has 0 radical (unpaired) electrons.